The molecule has 7 N–H and O–H groups in total. The molecule has 0 radical (unpaired) electrons. The van der Waals surface area contributed by atoms with Crippen molar-refractivity contribution in [1.82, 2.24) is 34.9 Å². The van der Waals surface area contributed by atoms with Crippen LogP contribution in [0.3, 0.4) is 0 Å². The van der Waals surface area contributed by atoms with Gasteiger partial charge in [-0.05, 0) is 128 Å². The standard InChI is InChI=1S/C72H85N9O20S/c1-41-47(45-13-15-55(76-59(45)65(89)90)79-23-19-44-48(35-79)46(12-14-51(44)95-5)64(88)77-68-75-50-8-6-7-9-54(50)102-68)34-74-81(41)40-72-33-53(49-18-21-70(2,38-72)37-71(49,3)39-72)97-29-26-78(25-28-94-4)69(93)99-36-42-10-11-43(100-67-62(87)60(85)61(86)63(101-67)66(91)92)32-52(42)98-31-30-96-27-22-73-56(82)20-24-80-57(83)16-17-58(80)84/h6-17,32,34,49,53,60-63,67,85-87H,18-31,33,35-40H2,1-5H3,(H,73,82)(H,89,90)(H,91,92)(H,75,77,88)/t49?,53?,60-,61-,62+,63-,67+,70?,71?,72?/m0/s1. The number of ether oxygens (including phenoxy) is 8. The van der Waals surface area contributed by atoms with Gasteiger partial charge >= 0.3 is 18.0 Å². The number of aliphatic hydroxyl groups is 3. The number of hydrogen-bond donors (Lipinski definition) is 7. The average Bonchev–Trinajstić information content (AvgIpc) is 1.10. The fourth-order valence-electron chi connectivity index (χ4n) is 16.2. The Balaban J connectivity index is 0.695. The number of aromatic nitrogens is 4. The zero-order chi connectivity index (χ0) is 72.2. The molecule has 30 heteroatoms. The SMILES string of the molecule is COCCN(CCOC1CC2(Cn3ncc(-c4ccc(N5CCc6c(OC)ccc(C(=O)Nc7nc8ccccc8s7)c6C5)nc4C(=O)O)c3C)CC3(C)CCC1C(C)(C3)C2)C(=O)OCc1ccc(O[C@@H]2O[C@H](C(=O)O)[C@@H](O)[C@H](O)[C@H]2O)cc1OCCOCCNC(=O)CCN1C(=O)C=CC1=O. The van der Waals surface area contributed by atoms with Gasteiger partial charge in [0.15, 0.2) is 16.9 Å². The number of aliphatic carboxylic acids is 1. The minimum absolute atomic E-state index is 0.00539. The number of nitrogens with one attached hydrogen (secondary N) is 2. The summed E-state index contributed by atoms with van der Waals surface area (Å²) in [5.74, 6) is -3.01. The molecule has 3 aromatic carbocycles. The summed E-state index contributed by atoms with van der Waals surface area (Å²) in [6.45, 7) is 8.47. The van der Waals surface area contributed by atoms with Crippen LogP contribution in [0, 0.1) is 29.1 Å². The van der Waals surface area contributed by atoms with E-state index in [1.807, 2.05) is 46.8 Å². The zero-order valence-electron chi connectivity index (χ0n) is 57.4. The number of pyridine rings is 1. The van der Waals surface area contributed by atoms with Crippen molar-refractivity contribution >= 4 is 74.2 Å². The van der Waals surface area contributed by atoms with Crippen LogP contribution >= 0.6 is 11.3 Å². The highest BCUT2D eigenvalue weighted by molar-refractivity contribution is 7.22. The Morgan fingerprint density at radius 3 is 2.40 bits per heavy atom. The van der Waals surface area contributed by atoms with Crippen molar-refractivity contribution in [3.05, 3.63) is 119 Å². The number of carbonyl (C=O) groups is 7. The minimum atomic E-state index is -1.95. The monoisotopic (exact) mass is 1430 g/mol. The number of carboxylic acids is 2. The fourth-order valence-corrected chi connectivity index (χ4v) is 17.0. The first-order chi connectivity index (χ1) is 48.9. The second-order valence-corrected chi connectivity index (χ2v) is 28.7. The topological polar surface area (TPSA) is 372 Å². The lowest BCUT2D eigenvalue weighted by atomic mass is 9.41. The lowest BCUT2D eigenvalue weighted by Gasteiger charge is -2.66. The van der Waals surface area contributed by atoms with Gasteiger partial charge in [0.25, 0.3) is 17.7 Å². The van der Waals surface area contributed by atoms with E-state index in [1.165, 1.54) is 41.5 Å². The summed E-state index contributed by atoms with van der Waals surface area (Å²) in [6, 6.07) is 19.2. The number of anilines is 2. The van der Waals surface area contributed by atoms with Crippen LogP contribution in [-0.2, 0) is 69.0 Å². The first kappa shape index (κ1) is 72.6. The van der Waals surface area contributed by atoms with E-state index in [1.54, 1.807) is 31.5 Å². The molecule has 3 aliphatic heterocycles. The maximum atomic E-state index is 14.2. The highest BCUT2D eigenvalue weighted by Crippen LogP contribution is 2.69. The Kier molecular flexibility index (Phi) is 21.9. The number of aromatic carboxylic acids is 1. The first-order valence-corrected chi connectivity index (χ1v) is 34.9. The van der Waals surface area contributed by atoms with E-state index < -0.39 is 66.5 Å². The van der Waals surface area contributed by atoms with Crippen molar-refractivity contribution in [3.8, 4) is 28.4 Å². The van der Waals surface area contributed by atoms with Gasteiger partial charge in [-0.2, -0.15) is 5.10 Å². The summed E-state index contributed by atoms with van der Waals surface area (Å²) in [5.41, 5.74) is 4.77. The predicted molar refractivity (Wildman–Crippen MR) is 367 cm³/mol. The van der Waals surface area contributed by atoms with E-state index in [4.69, 9.17) is 48.0 Å². The summed E-state index contributed by atoms with van der Waals surface area (Å²) in [4.78, 5) is 103. The quantitative estimate of drug-likeness (QED) is 0.0196. The Morgan fingerprint density at radius 2 is 1.64 bits per heavy atom. The highest BCUT2D eigenvalue weighted by atomic mass is 32.1. The van der Waals surface area contributed by atoms with Gasteiger partial charge in [0.2, 0.25) is 12.2 Å². The van der Waals surface area contributed by atoms with Crippen LogP contribution in [0.25, 0.3) is 21.3 Å². The fraction of sp³-hybridized carbons (Fsp3) is 0.500. The van der Waals surface area contributed by atoms with Crippen LogP contribution < -0.4 is 29.7 Å². The van der Waals surface area contributed by atoms with Gasteiger partial charge in [-0.15, -0.1) is 0 Å². The summed E-state index contributed by atoms with van der Waals surface area (Å²) >= 11 is 1.39. The van der Waals surface area contributed by atoms with E-state index in [9.17, 15) is 59.1 Å². The minimum Gasteiger partial charge on any atom is -0.496 e. The van der Waals surface area contributed by atoms with E-state index in [2.05, 4.69) is 29.5 Å². The number of nitrogens with zero attached hydrogens (tertiary/aromatic N) is 7. The molecule has 6 aliphatic rings. The first-order valence-electron chi connectivity index (χ1n) is 34.1. The number of imide groups is 1. The summed E-state index contributed by atoms with van der Waals surface area (Å²) < 4.78 is 50.0. The van der Waals surface area contributed by atoms with Crippen molar-refractivity contribution in [2.75, 3.05) is 90.2 Å². The second kappa shape index (κ2) is 30.8. The maximum absolute atomic E-state index is 14.2. The van der Waals surface area contributed by atoms with Crippen LogP contribution in [0.15, 0.2) is 85.1 Å². The van der Waals surface area contributed by atoms with Crippen LogP contribution in [0.1, 0.15) is 102 Å². The van der Waals surface area contributed by atoms with Gasteiger partial charge in [-0.25, -0.2) is 24.4 Å². The van der Waals surface area contributed by atoms with Crippen molar-refractivity contribution in [2.45, 2.75) is 129 Å². The Labute approximate surface area is 591 Å². The number of benzene rings is 3. The van der Waals surface area contributed by atoms with Gasteiger partial charge in [0.05, 0.1) is 56.1 Å². The smallest absolute Gasteiger partial charge is 0.410 e. The van der Waals surface area contributed by atoms with Gasteiger partial charge < -0.3 is 78.5 Å². The van der Waals surface area contributed by atoms with Crippen molar-refractivity contribution in [2.24, 2.45) is 22.2 Å². The third-order valence-corrected chi connectivity index (χ3v) is 21.5. The molecule has 6 aromatic rings. The molecule has 102 heavy (non-hydrogen) atoms. The van der Waals surface area contributed by atoms with Crippen LogP contribution in [-0.4, -0.2) is 214 Å². The van der Waals surface area contributed by atoms with Crippen LogP contribution in [0.5, 0.6) is 17.2 Å². The highest BCUT2D eigenvalue weighted by Gasteiger charge is 2.62. The molecule has 29 nitrogen and oxygen atoms in total. The normalized spacial score (nSPS) is 24.9. The molecular formula is C72H85N9O20S. The molecule has 1 saturated heterocycles. The van der Waals surface area contributed by atoms with Gasteiger partial charge in [0, 0.05) is 111 Å². The summed E-state index contributed by atoms with van der Waals surface area (Å²) in [5, 5.41) is 63.0. The zero-order valence-corrected chi connectivity index (χ0v) is 58.2. The molecule has 3 bridgehead atoms. The molecule has 5 unspecified atom stereocenters. The van der Waals surface area contributed by atoms with Crippen LogP contribution in [0.2, 0.25) is 0 Å². The number of fused-ring (bicyclic) bond motifs is 4. The molecule has 544 valence electrons. The van der Waals surface area contributed by atoms with E-state index in [0.29, 0.717) is 58.5 Å². The largest absolute Gasteiger partial charge is 0.496 e. The van der Waals surface area contributed by atoms with Crippen molar-refractivity contribution < 1.29 is 97.0 Å². The number of thiazole rings is 1. The Morgan fingerprint density at radius 1 is 0.843 bits per heavy atom. The van der Waals surface area contributed by atoms with E-state index in [-0.39, 0.29) is 130 Å². The molecular weight excluding hydrogens is 1340 g/mol. The number of carboxylic acid groups (broad SMARTS) is 2. The molecule has 0 spiro atoms. The molecule has 5 amide bonds. The maximum Gasteiger partial charge on any atom is 0.410 e. The van der Waals surface area contributed by atoms with Crippen molar-refractivity contribution in [1.29, 1.82) is 0 Å². The van der Waals surface area contributed by atoms with Gasteiger partial charge in [0.1, 0.15) is 54.6 Å². The number of aliphatic hydroxyl groups excluding tert-OH is 3. The van der Waals surface area contributed by atoms with Crippen molar-refractivity contribution in [3.63, 3.8) is 0 Å². The number of amides is 5. The summed E-state index contributed by atoms with van der Waals surface area (Å²) in [6.07, 6.45) is -0.153. The molecule has 3 aromatic heterocycles. The average molecular weight is 1430 g/mol. The molecule has 4 fully saturated rings. The number of carbonyl (C=O) groups excluding carboxylic acids is 5. The lowest BCUT2D eigenvalue weighted by Crippen LogP contribution is -2.61. The molecule has 3 saturated carbocycles. The Bertz CT molecular complexity index is 4130. The van der Waals surface area contributed by atoms with Gasteiger partial charge in [-0.1, -0.05) is 37.3 Å². The number of rotatable bonds is 30. The number of hydrogen-bond acceptors (Lipinski definition) is 23. The van der Waals surface area contributed by atoms with E-state index >= 15 is 0 Å². The lowest BCUT2D eigenvalue weighted by molar-refractivity contribution is -0.271. The molecule has 10 atom stereocenters. The number of para-hydroxylation sites is 1. The summed E-state index contributed by atoms with van der Waals surface area (Å²) in [7, 11) is 3.12. The predicted octanol–water partition coefficient (Wildman–Crippen LogP) is 6.15. The third kappa shape index (κ3) is 15.7. The third-order valence-electron chi connectivity index (χ3n) is 20.6. The molecule has 6 heterocycles. The molecule has 12 rings (SSSR count). The van der Waals surface area contributed by atoms with E-state index in [0.717, 1.165) is 82.6 Å². The van der Waals surface area contributed by atoms with Crippen LogP contribution in [0.4, 0.5) is 15.7 Å². The number of methoxy groups -OCH3 is 2. The molecule has 3 aliphatic carbocycles. The Hall–Kier alpha value is -9.14. The second-order valence-electron chi connectivity index (χ2n) is 27.7. The van der Waals surface area contributed by atoms with Gasteiger partial charge in [-0.3, -0.25) is 34.1 Å².